The van der Waals surface area contributed by atoms with Crippen molar-refractivity contribution in [1.82, 2.24) is 4.90 Å². The number of nitrogens with two attached hydrogens (primary N) is 1. The normalized spacial score (nSPS) is 11.8. The first-order valence-corrected chi connectivity index (χ1v) is 6.96. The fraction of sp³-hybridized carbons (Fsp3) is 0.923. The van der Waals surface area contributed by atoms with Gasteiger partial charge in [-0.25, -0.2) is 0 Å². The number of guanidine groups is 1. The molecule has 0 spiro atoms. The number of hydrogen-bond acceptors (Lipinski definition) is 3. The van der Waals surface area contributed by atoms with E-state index in [9.17, 15) is 0 Å². The smallest absolute Gasteiger partial charge is 0.191 e. The Hall–Kier alpha value is -0.810. The van der Waals surface area contributed by atoms with Crippen LogP contribution in [-0.2, 0) is 9.47 Å². The second-order valence-corrected chi connectivity index (χ2v) is 3.99. The van der Waals surface area contributed by atoms with Gasteiger partial charge in [-0.2, -0.15) is 0 Å². The molecule has 0 atom stereocenters. The third-order valence-electron chi connectivity index (χ3n) is 2.61. The average Bonchev–Trinajstić information content (AvgIpc) is 2.38. The van der Waals surface area contributed by atoms with Crippen molar-refractivity contribution < 1.29 is 9.47 Å². The third-order valence-corrected chi connectivity index (χ3v) is 2.61. The number of unbranched alkanes of at least 4 members (excludes halogenated alkanes) is 1. The quantitative estimate of drug-likeness (QED) is 0.347. The first-order chi connectivity index (χ1) is 8.76. The standard InChI is InChI=1S/C13H29N3O2/c1-4-7-9-17-11-12-18-10-8-15-13(14)16(5-2)6-3/h4-12H2,1-3H3,(H2,14,15). The zero-order valence-corrected chi connectivity index (χ0v) is 12.2. The van der Waals surface area contributed by atoms with Crippen molar-refractivity contribution in [2.75, 3.05) is 46.1 Å². The van der Waals surface area contributed by atoms with Gasteiger partial charge in [0.15, 0.2) is 5.96 Å². The SMILES string of the molecule is CCCCOCCOCCN=C(N)N(CC)CC. The molecule has 0 fully saturated rings. The lowest BCUT2D eigenvalue weighted by atomic mass is 10.4. The van der Waals surface area contributed by atoms with Crippen LogP contribution in [0.3, 0.4) is 0 Å². The lowest BCUT2D eigenvalue weighted by molar-refractivity contribution is 0.0497. The average molecular weight is 259 g/mol. The van der Waals surface area contributed by atoms with E-state index < -0.39 is 0 Å². The molecule has 0 bridgehead atoms. The molecule has 0 aliphatic heterocycles. The Morgan fingerprint density at radius 3 is 2.17 bits per heavy atom. The van der Waals surface area contributed by atoms with Gasteiger partial charge < -0.3 is 20.1 Å². The molecule has 5 nitrogen and oxygen atoms in total. The van der Waals surface area contributed by atoms with Crippen molar-refractivity contribution in [3.05, 3.63) is 0 Å². The van der Waals surface area contributed by atoms with E-state index in [0.29, 0.717) is 32.3 Å². The van der Waals surface area contributed by atoms with Crippen molar-refractivity contribution in [2.45, 2.75) is 33.6 Å². The van der Waals surface area contributed by atoms with Crippen LogP contribution in [-0.4, -0.2) is 56.9 Å². The summed E-state index contributed by atoms with van der Waals surface area (Å²) >= 11 is 0. The molecule has 0 unspecified atom stereocenters. The Bertz CT molecular complexity index is 206. The Labute approximate surface area is 111 Å². The fourth-order valence-electron chi connectivity index (χ4n) is 1.44. The van der Waals surface area contributed by atoms with Crippen LogP contribution >= 0.6 is 0 Å². The summed E-state index contributed by atoms with van der Waals surface area (Å²) in [5, 5.41) is 0. The van der Waals surface area contributed by atoms with E-state index >= 15 is 0 Å². The molecule has 0 aliphatic rings. The molecule has 0 heterocycles. The number of hydrogen-bond donors (Lipinski definition) is 1. The molecule has 108 valence electrons. The first-order valence-electron chi connectivity index (χ1n) is 6.96. The van der Waals surface area contributed by atoms with Crippen molar-refractivity contribution in [2.24, 2.45) is 10.7 Å². The van der Waals surface area contributed by atoms with E-state index in [1.807, 2.05) is 4.90 Å². The Kier molecular flexibility index (Phi) is 12.1. The van der Waals surface area contributed by atoms with Gasteiger partial charge in [0, 0.05) is 19.7 Å². The van der Waals surface area contributed by atoms with Crippen LogP contribution in [0.2, 0.25) is 0 Å². The summed E-state index contributed by atoms with van der Waals surface area (Å²) in [6.07, 6.45) is 2.28. The van der Waals surface area contributed by atoms with Crippen LogP contribution in [0.25, 0.3) is 0 Å². The Morgan fingerprint density at radius 2 is 1.61 bits per heavy atom. The second-order valence-electron chi connectivity index (χ2n) is 3.99. The number of rotatable bonds is 11. The largest absolute Gasteiger partial charge is 0.379 e. The van der Waals surface area contributed by atoms with Gasteiger partial charge in [-0.15, -0.1) is 0 Å². The van der Waals surface area contributed by atoms with Crippen molar-refractivity contribution in [3.8, 4) is 0 Å². The highest BCUT2D eigenvalue weighted by Crippen LogP contribution is 1.89. The predicted molar refractivity (Wildman–Crippen MR) is 76.0 cm³/mol. The maximum Gasteiger partial charge on any atom is 0.191 e. The zero-order valence-electron chi connectivity index (χ0n) is 12.2. The van der Waals surface area contributed by atoms with E-state index in [-0.39, 0.29) is 0 Å². The topological polar surface area (TPSA) is 60.1 Å². The minimum Gasteiger partial charge on any atom is -0.379 e. The van der Waals surface area contributed by atoms with Crippen LogP contribution < -0.4 is 5.73 Å². The molecule has 0 amide bonds. The summed E-state index contributed by atoms with van der Waals surface area (Å²) in [6.45, 7) is 11.4. The molecule has 0 saturated carbocycles. The Balaban J connectivity index is 3.41. The predicted octanol–water partition coefficient (Wildman–Crippen LogP) is 1.48. The van der Waals surface area contributed by atoms with Gasteiger partial charge in [-0.3, -0.25) is 4.99 Å². The van der Waals surface area contributed by atoms with Crippen molar-refractivity contribution in [1.29, 1.82) is 0 Å². The van der Waals surface area contributed by atoms with E-state index in [1.54, 1.807) is 0 Å². The zero-order chi connectivity index (χ0) is 13.6. The van der Waals surface area contributed by atoms with E-state index in [0.717, 1.165) is 26.1 Å². The molecule has 2 N–H and O–H groups in total. The maximum absolute atomic E-state index is 5.83. The number of ether oxygens (including phenoxy) is 2. The van der Waals surface area contributed by atoms with Crippen molar-refractivity contribution >= 4 is 5.96 Å². The summed E-state index contributed by atoms with van der Waals surface area (Å²) in [7, 11) is 0. The van der Waals surface area contributed by atoms with Gasteiger partial charge in [0.05, 0.1) is 26.4 Å². The van der Waals surface area contributed by atoms with Crippen LogP contribution in [0.4, 0.5) is 0 Å². The van der Waals surface area contributed by atoms with Gasteiger partial charge in [0.2, 0.25) is 0 Å². The molecule has 18 heavy (non-hydrogen) atoms. The third kappa shape index (κ3) is 9.24. The van der Waals surface area contributed by atoms with Gasteiger partial charge >= 0.3 is 0 Å². The highest BCUT2D eigenvalue weighted by atomic mass is 16.5. The van der Waals surface area contributed by atoms with Crippen molar-refractivity contribution in [3.63, 3.8) is 0 Å². The number of nitrogens with zero attached hydrogens (tertiary/aromatic N) is 2. The highest BCUT2D eigenvalue weighted by molar-refractivity contribution is 5.77. The highest BCUT2D eigenvalue weighted by Gasteiger charge is 2.00. The summed E-state index contributed by atoms with van der Waals surface area (Å²) in [5.74, 6) is 0.600. The van der Waals surface area contributed by atoms with Crippen LogP contribution in [0.5, 0.6) is 0 Å². The molecule has 0 aromatic heterocycles. The Morgan fingerprint density at radius 1 is 1.00 bits per heavy atom. The monoisotopic (exact) mass is 259 g/mol. The van der Waals surface area contributed by atoms with Crippen LogP contribution in [0, 0.1) is 0 Å². The molecule has 0 rings (SSSR count). The van der Waals surface area contributed by atoms with Crippen LogP contribution in [0.1, 0.15) is 33.6 Å². The van der Waals surface area contributed by atoms with Gasteiger partial charge in [-0.1, -0.05) is 13.3 Å². The molecular formula is C13H29N3O2. The minimum absolute atomic E-state index is 0.596. The first kappa shape index (κ1) is 17.2. The number of aliphatic imine (C=N–C) groups is 1. The lowest BCUT2D eigenvalue weighted by Gasteiger charge is -2.19. The molecular weight excluding hydrogens is 230 g/mol. The molecule has 0 aromatic carbocycles. The molecule has 0 aliphatic carbocycles. The summed E-state index contributed by atoms with van der Waals surface area (Å²) in [6, 6.07) is 0. The molecule has 0 radical (unpaired) electrons. The van der Waals surface area contributed by atoms with Gasteiger partial charge in [0.1, 0.15) is 0 Å². The lowest BCUT2D eigenvalue weighted by Crippen LogP contribution is -2.37. The summed E-state index contributed by atoms with van der Waals surface area (Å²) in [4.78, 5) is 6.29. The molecule has 0 saturated heterocycles. The second kappa shape index (κ2) is 12.6. The maximum atomic E-state index is 5.83. The van der Waals surface area contributed by atoms with E-state index in [4.69, 9.17) is 15.2 Å². The summed E-state index contributed by atoms with van der Waals surface area (Å²) < 4.78 is 10.8. The van der Waals surface area contributed by atoms with E-state index in [1.165, 1.54) is 6.42 Å². The molecule has 5 heteroatoms. The van der Waals surface area contributed by atoms with Gasteiger partial charge in [-0.05, 0) is 20.3 Å². The molecule has 0 aromatic rings. The minimum atomic E-state index is 0.596. The summed E-state index contributed by atoms with van der Waals surface area (Å²) in [5.41, 5.74) is 5.83. The van der Waals surface area contributed by atoms with Gasteiger partial charge in [0.25, 0.3) is 0 Å². The fourth-order valence-corrected chi connectivity index (χ4v) is 1.44. The van der Waals surface area contributed by atoms with Crippen LogP contribution in [0.15, 0.2) is 4.99 Å². The van der Waals surface area contributed by atoms with E-state index in [2.05, 4.69) is 25.8 Å².